The van der Waals surface area contributed by atoms with E-state index in [1.54, 1.807) is 13.0 Å². The Bertz CT molecular complexity index is 624. The van der Waals surface area contributed by atoms with Gasteiger partial charge in [-0.3, -0.25) is 4.79 Å². The van der Waals surface area contributed by atoms with Gasteiger partial charge in [0.25, 0.3) is 0 Å². The van der Waals surface area contributed by atoms with E-state index in [-0.39, 0.29) is 11.3 Å². The lowest BCUT2D eigenvalue weighted by Crippen LogP contribution is -2.08. The standard InChI is InChI=1S/C14H11F3O2/c1-8-5-11(14(15,16)17)3-4-12(8)13(18)10-6-9(2)19-7-10/h3-7H,1-2H3. The molecule has 0 saturated carbocycles. The molecule has 0 aliphatic carbocycles. The van der Waals surface area contributed by atoms with Gasteiger partial charge in [-0.15, -0.1) is 0 Å². The highest BCUT2D eigenvalue weighted by molar-refractivity contribution is 6.09. The largest absolute Gasteiger partial charge is 0.469 e. The minimum Gasteiger partial charge on any atom is -0.469 e. The van der Waals surface area contributed by atoms with Crippen molar-refractivity contribution in [3.63, 3.8) is 0 Å². The lowest BCUT2D eigenvalue weighted by atomic mass is 9.98. The summed E-state index contributed by atoms with van der Waals surface area (Å²) in [6.45, 7) is 3.17. The number of hydrogen-bond donors (Lipinski definition) is 0. The van der Waals surface area contributed by atoms with Crippen LogP contribution in [0.2, 0.25) is 0 Å². The van der Waals surface area contributed by atoms with E-state index in [0.29, 0.717) is 16.9 Å². The van der Waals surface area contributed by atoms with Gasteiger partial charge in [-0.25, -0.2) is 0 Å². The Morgan fingerprint density at radius 1 is 1.16 bits per heavy atom. The third kappa shape index (κ3) is 2.70. The van der Waals surface area contributed by atoms with Gasteiger partial charge >= 0.3 is 6.18 Å². The fourth-order valence-corrected chi connectivity index (χ4v) is 1.81. The van der Waals surface area contributed by atoms with Crippen molar-refractivity contribution in [3.05, 3.63) is 58.5 Å². The molecule has 0 spiro atoms. The number of ketones is 1. The van der Waals surface area contributed by atoms with Crippen molar-refractivity contribution in [1.82, 2.24) is 0 Å². The number of furan rings is 1. The predicted molar refractivity (Wildman–Crippen MR) is 63.1 cm³/mol. The van der Waals surface area contributed by atoms with Crippen LogP contribution in [0.4, 0.5) is 13.2 Å². The maximum Gasteiger partial charge on any atom is 0.416 e. The van der Waals surface area contributed by atoms with E-state index in [2.05, 4.69) is 0 Å². The Labute approximate surface area is 107 Å². The van der Waals surface area contributed by atoms with E-state index in [1.807, 2.05) is 0 Å². The molecule has 19 heavy (non-hydrogen) atoms. The molecule has 0 atom stereocenters. The summed E-state index contributed by atoms with van der Waals surface area (Å²) in [5.74, 6) is 0.232. The number of hydrogen-bond acceptors (Lipinski definition) is 2. The van der Waals surface area contributed by atoms with Crippen LogP contribution < -0.4 is 0 Å². The molecule has 0 amide bonds. The van der Waals surface area contributed by atoms with Crippen LogP contribution >= 0.6 is 0 Å². The summed E-state index contributed by atoms with van der Waals surface area (Å²) in [5, 5.41) is 0. The zero-order chi connectivity index (χ0) is 14.2. The fraction of sp³-hybridized carbons (Fsp3) is 0.214. The van der Waals surface area contributed by atoms with Gasteiger partial charge in [0.2, 0.25) is 0 Å². The molecule has 2 nitrogen and oxygen atoms in total. The van der Waals surface area contributed by atoms with Crippen molar-refractivity contribution in [2.45, 2.75) is 20.0 Å². The van der Waals surface area contributed by atoms with Gasteiger partial charge in [-0.05, 0) is 37.6 Å². The second kappa shape index (κ2) is 4.57. The summed E-state index contributed by atoms with van der Waals surface area (Å²) >= 11 is 0. The molecule has 1 aromatic heterocycles. The molecule has 1 heterocycles. The number of rotatable bonds is 2. The first-order valence-corrected chi connectivity index (χ1v) is 5.56. The first kappa shape index (κ1) is 13.4. The third-order valence-electron chi connectivity index (χ3n) is 2.79. The van der Waals surface area contributed by atoms with Gasteiger partial charge in [0.1, 0.15) is 12.0 Å². The molecule has 0 unspecified atom stereocenters. The zero-order valence-corrected chi connectivity index (χ0v) is 10.3. The molecule has 0 aliphatic heterocycles. The first-order chi connectivity index (χ1) is 8.79. The monoisotopic (exact) mass is 268 g/mol. The summed E-state index contributed by atoms with van der Waals surface area (Å²) in [5.41, 5.74) is 0.109. The smallest absolute Gasteiger partial charge is 0.416 e. The summed E-state index contributed by atoms with van der Waals surface area (Å²) in [4.78, 5) is 12.1. The van der Waals surface area contributed by atoms with Gasteiger partial charge in [-0.2, -0.15) is 13.2 Å². The molecule has 0 aliphatic rings. The van der Waals surface area contributed by atoms with Crippen LogP contribution in [0.15, 0.2) is 34.9 Å². The molecule has 0 radical (unpaired) electrons. The second-order valence-corrected chi connectivity index (χ2v) is 4.30. The lowest BCUT2D eigenvalue weighted by Gasteiger charge is -2.09. The first-order valence-electron chi connectivity index (χ1n) is 5.56. The van der Waals surface area contributed by atoms with Gasteiger partial charge in [0.15, 0.2) is 5.78 Å². The van der Waals surface area contributed by atoms with Crippen LogP contribution in [0.3, 0.4) is 0 Å². The third-order valence-corrected chi connectivity index (χ3v) is 2.79. The van der Waals surface area contributed by atoms with E-state index in [0.717, 1.165) is 12.1 Å². The number of alkyl halides is 3. The van der Waals surface area contributed by atoms with E-state index in [9.17, 15) is 18.0 Å². The van der Waals surface area contributed by atoms with Crippen molar-refractivity contribution < 1.29 is 22.4 Å². The van der Waals surface area contributed by atoms with Crippen LogP contribution in [0.1, 0.15) is 32.8 Å². The Hall–Kier alpha value is -2.04. The average Bonchev–Trinajstić information content (AvgIpc) is 2.73. The molecule has 1 aromatic carbocycles. The molecule has 0 bridgehead atoms. The molecule has 100 valence electrons. The van der Waals surface area contributed by atoms with Gasteiger partial charge in [0, 0.05) is 5.56 Å². The Morgan fingerprint density at radius 3 is 2.32 bits per heavy atom. The SMILES string of the molecule is Cc1cc(C(=O)c2ccc(C(F)(F)F)cc2C)co1. The summed E-state index contributed by atoms with van der Waals surface area (Å²) in [6, 6.07) is 4.63. The fourth-order valence-electron chi connectivity index (χ4n) is 1.81. The highest BCUT2D eigenvalue weighted by Crippen LogP contribution is 2.30. The highest BCUT2D eigenvalue weighted by Gasteiger charge is 2.31. The van der Waals surface area contributed by atoms with E-state index < -0.39 is 11.7 Å². The summed E-state index contributed by atoms with van der Waals surface area (Å²) in [7, 11) is 0. The molecule has 0 saturated heterocycles. The number of halogens is 3. The number of benzene rings is 1. The Morgan fingerprint density at radius 2 is 1.84 bits per heavy atom. The van der Waals surface area contributed by atoms with Crippen LogP contribution in [-0.2, 0) is 6.18 Å². The van der Waals surface area contributed by atoms with Gasteiger partial charge in [-0.1, -0.05) is 6.07 Å². The summed E-state index contributed by atoms with van der Waals surface area (Å²) in [6.07, 6.45) is -3.10. The molecule has 5 heteroatoms. The summed E-state index contributed by atoms with van der Waals surface area (Å²) < 4.78 is 42.6. The van der Waals surface area contributed by atoms with Crippen LogP contribution in [0, 0.1) is 13.8 Å². The number of carbonyl (C=O) groups excluding carboxylic acids is 1. The van der Waals surface area contributed by atoms with Crippen LogP contribution in [0.25, 0.3) is 0 Å². The van der Waals surface area contributed by atoms with Crippen molar-refractivity contribution in [2.75, 3.05) is 0 Å². The number of carbonyl (C=O) groups is 1. The molecule has 2 aromatic rings. The van der Waals surface area contributed by atoms with Gasteiger partial charge in [0.05, 0.1) is 11.1 Å². The zero-order valence-electron chi connectivity index (χ0n) is 10.3. The van der Waals surface area contributed by atoms with Gasteiger partial charge < -0.3 is 4.42 Å². The maximum atomic E-state index is 12.5. The van der Waals surface area contributed by atoms with Crippen molar-refractivity contribution >= 4 is 5.78 Å². The topological polar surface area (TPSA) is 30.2 Å². The second-order valence-electron chi connectivity index (χ2n) is 4.30. The lowest BCUT2D eigenvalue weighted by molar-refractivity contribution is -0.137. The van der Waals surface area contributed by atoms with E-state index in [4.69, 9.17) is 4.42 Å². The Balaban J connectivity index is 2.39. The molecule has 0 fully saturated rings. The number of aryl methyl sites for hydroxylation is 2. The molecular formula is C14H11F3O2. The van der Waals surface area contributed by atoms with Crippen molar-refractivity contribution in [2.24, 2.45) is 0 Å². The molecular weight excluding hydrogens is 257 g/mol. The Kier molecular flexibility index (Phi) is 3.22. The van der Waals surface area contributed by atoms with Crippen LogP contribution in [-0.4, -0.2) is 5.78 Å². The predicted octanol–water partition coefficient (Wildman–Crippen LogP) is 4.15. The normalized spacial score (nSPS) is 11.6. The minimum absolute atomic E-state index is 0.244. The maximum absolute atomic E-state index is 12.5. The van der Waals surface area contributed by atoms with E-state index in [1.165, 1.54) is 19.3 Å². The molecule has 0 N–H and O–H groups in total. The highest BCUT2D eigenvalue weighted by atomic mass is 19.4. The van der Waals surface area contributed by atoms with E-state index >= 15 is 0 Å². The van der Waals surface area contributed by atoms with Crippen LogP contribution in [0.5, 0.6) is 0 Å². The average molecular weight is 268 g/mol. The van der Waals surface area contributed by atoms with Crippen molar-refractivity contribution in [3.8, 4) is 0 Å². The minimum atomic E-state index is -4.40. The van der Waals surface area contributed by atoms with Crippen molar-refractivity contribution in [1.29, 1.82) is 0 Å². The quantitative estimate of drug-likeness (QED) is 0.766. The molecule has 2 rings (SSSR count).